The number of amides is 1. The van der Waals surface area contributed by atoms with Gasteiger partial charge in [-0.25, -0.2) is 0 Å². The van der Waals surface area contributed by atoms with E-state index in [4.69, 9.17) is 0 Å². The van der Waals surface area contributed by atoms with E-state index in [9.17, 15) is 4.79 Å². The molecule has 1 saturated carbocycles. The van der Waals surface area contributed by atoms with Crippen LogP contribution in [-0.2, 0) is 4.79 Å². The van der Waals surface area contributed by atoms with E-state index < -0.39 is 0 Å². The summed E-state index contributed by atoms with van der Waals surface area (Å²) in [4.78, 5) is 14.5. The van der Waals surface area contributed by atoms with E-state index in [1.165, 1.54) is 24.8 Å². The quantitative estimate of drug-likeness (QED) is 0.897. The van der Waals surface area contributed by atoms with Crippen LogP contribution in [0.15, 0.2) is 24.3 Å². The standard InChI is InChI=1S/C18H28N2O/c1-14(2)20(17-11-9-15(3)10-12-17)13-18(21)19-16-7-5-4-6-8-16/h9-12,14,16H,4-8,13H2,1-3H3,(H,19,21). The van der Waals surface area contributed by atoms with Crippen molar-refractivity contribution in [3.05, 3.63) is 29.8 Å². The Morgan fingerprint density at radius 3 is 2.38 bits per heavy atom. The molecular weight excluding hydrogens is 260 g/mol. The average molecular weight is 288 g/mol. The predicted molar refractivity (Wildman–Crippen MR) is 88.7 cm³/mol. The van der Waals surface area contributed by atoms with Crippen molar-refractivity contribution in [2.75, 3.05) is 11.4 Å². The maximum atomic E-state index is 12.3. The first-order chi connectivity index (χ1) is 10.1. The van der Waals surface area contributed by atoms with E-state index in [1.807, 2.05) is 0 Å². The SMILES string of the molecule is Cc1ccc(N(CC(=O)NC2CCCCC2)C(C)C)cc1. The topological polar surface area (TPSA) is 32.3 Å². The first kappa shape index (κ1) is 15.9. The summed E-state index contributed by atoms with van der Waals surface area (Å²) in [6.07, 6.45) is 6.08. The van der Waals surface area contributed by atoms with Gasteiger partial charge in [-0.1, -0.05) is 37.0 Å². The zero-order valence-corrected chi connectivity index (χ0v) is 13.6. The Morgan fingerprint density at radius 1 is 1.19 bits per heavy atom. The number of carbonyl (C=O) groups excluding carboxylic acids is 1. The number of anilines is 1. The molecule has 0 bridgehead atoms. The molecule has 0 aliphatic heterocycles. The van der Waals surface area contributed by atoms with Gasteiger partial charge in [0.1, 0.15) is 0 Å². The molecular formula is C18H28N2O. The second kappa shape index (κ2) is 7.48. The molecule has 1 aromatic rings. The Balaban J connectivity index is 1.95. The van der Waals surface area contributed by atoms with Crippen LogP contribution in [0.4, 0.5) is 5.69 Å². The maximum absolute atomic E-state index is 12.3. The Morgan fingerprint density at radius 2 is 1.81 bits per heavy atom. The van der Waals surface area contributed by atoms with Crippen molar-refractivity contribution in [2.45, 2.75) is 65.0 Å². The van der Waals surface area contributed by atoms with Crippen molar-refractivity contribution in [3.63, 3.8) is 0 Å². The van der Waals surface area contributed by atoms with E-state index >= 15 is 0 Å². The van der Waals surface area contributed by atoms with Crippen molar-refractivity contribution in [1.29, 1.82) is 0 Å². The molecule has 1 fully saturated rings. The number of nitrogens with zero attached hydrogens (tertiary/aromatic N) is 1. The molecule has 1 aliphatic carbocycles. The van der Waals surface area contributed by atoms with Crippen molar-refractivity contribution in [3.8, 4) is 0 Å². The van der Waals surface area contributed by atoms with Gasteiger partial charge in [0, 0.05) is 17.8 Å². The third kappa shape index (κ3) is 4.76. The first-order valence-corrected chi connectivity index (χ1v) is 8.19. The second-order valence-corrected chi connectivity index (χ2v) is 6.46. The number of nitrogens with one attached hydrogen (secondary N) is 1. The van der Waals surface area contributed by atoms with Gasteiger partial charge in [-0.05, 0) is 45.7 Å². The van der Waals surface area contributed by atoms with Gasteiger partial charge in [0.25, 0.3) is 0 Å². The molecule has 0 saturated heterocycles. The fourth-order valence-corrected chi connectivity index (χ4v) is 2.98. The van der Waals surface area contributed by atoms with Crippen LogP contribution < -0.4 is 10.2 Å². The van der Waals surface area contributed by atoms with Crippen molar-refractivity contribution >= 4 is 11.6 Å². The summed E-state index contributed by atoms with van der Waals surface area (Å²) in [5.74, 6) is 0.149. The minimum absolute atomic E-state index is 0.149. The van der Waals surface area contributed by atoms with Crippen molar-refractivity contribution in [2.24, 2.45) is 0 Å². The number of aryl methyl sites for hydroxylation is 1. The van der Waals surface area contributed by atoms with E-state index in [2.05, 4.69) is 55.3 Å². The number of hydrogen-bond donors (Lipinski definition) is 1. The maximum Gasteiger partial charge on any atom is 0.239 e. The van der Waals surface area contributed by atoms with Crippen LogP contribution in [0, 0.1) is 6.92 Å². The predicted octanol–water partition coefficient (Wildman–Crippen LogP) is 3.66. The highest BCUT2D eigenvalue weighted by molar-refractivity contribution is 5.81. The molecule has 0 radical (unpaired) electrons. The smallest absolute Gasteiger partial charge is 0.239 e. The molecule has 0 heterocycles. The van der Waals surface area contributed by atoms with Crippen LogP contribution in [0.2, 0.25) is 0 Å². The Hall–Kier alpha value is -1.51. The molecule has 1 N–H and O–H groups in total. The lowest BCUT2D eigenvalue weighted by Gasteiger charge is -2.30. The third-order valence-corrected chi connectivity index (χ3v) is 4.27. The molecule has 0 atom stereocenters. The lowest BCUT2D eigenvalue weighted by atomic mass is 9.95. The van der Waals surface area contributed by atoms with E-state index in [0.717, 1.165) is 18.5 Å². The van der Waals surface area contributed by atoms with E-state index in [-0.39, 0.29) is 5.91 Å². The van der Waals surface area contributed by atoms with E-state index in [1.54, 1.807) is 0 Å². The molecule has 21 heavy (non-hydrogen) atoms. The number of hydrogen-bond acceptors (Lipinski definition) is 2. The lowest BCUT2D eigenvalue weighted by Crippen LogP contribution is -2.45. The van der Waals surface area contributed by atoms with Gasteiger partial charge < -0.3 is 10.2 Å². The Kier molecular flexibility index (Phi) is 5.66. The van der Waals surface area contributed by atoms with Crippen molar-refractivity contribution < 1.29 is 4.79 Å². The van der Waals surface area contributed by atoms with Gasteiger partial charge in [0.2, 0.25) is 5.91 Å². The van der Waals surface area contributed by atoms with Crippen LogP contribution in [-0.4, -0.2) is 24.5 Å². The molecule has 0 unspecified atom stereocenters. The molecule has 1 aliphatic rings. The fourth-order valence-electron chi connectivity index (χ4n) is 2.98. The lowest BCUT2D eigenvalue weighted by molar-refractivity contribution is -0.120. The van der Waals surface area contributed by atoms with Gasteiger partial charge in [-0.3, -0.25) is 4.79 Å². The summed E-state index contributed by atoms with van der Waals surface area (Å²) in [5.41, 5.74) is 2.36. The summed E-state index contributed by atoms with van der Waals surface area (Å²) >= 11 is 0. The van der Waals surface area contributed by atoms with Gasteiger partial charge in [0.15, 0.2) is 0 Å². The normalized spacial score (nSPS) is 16.0. The molecule has 1 amide bonds. The number of benzene rings is 1. The zero-order valence-electron chi connectivity index (χ0n) is 13.6. The summed E-state index contributed by atoms with van der Waals surface area (Å²) in [6.45, 7) is 6.79. The van der Waals surface area contributed by atoms with Crippen LogP contribution in [0.1, 0.15) is 51.5 Å². The summed E-state index contributed by atoms with van der Waals surface area (Å²) in [6, 6.07) is 9.10. The summed E-state index contributed by atoms with van der Waals surface area (Å²) in [7, 11) is 0. The number of carbonyl (C=O) groups is 1. The van der Waals surface area contributed by atoms with Crippen LogP contribution in [0.5, 0.6) is 0 Å². The Bertz CT molecular complexity index is 447. The Labute approximate surface area is 128 Å². The monoisotopic (exact) mass is 288 g/mol. The molecule has 1 aromatic carbocycles. The summed E-state index contributed by atoms with van der Waals surface area (Å²) < 4.78 is 0. The molecule has 2 rings (SSSR count). The highest BCUT2D eigenvalue weighted by atomic mass is 16.2. The summed E-state index contributed by atoms with van der Waals surface area (Å²) in [5, 5.41) is 3.20. The first-order valence-electron chi connectivity index (χ1n) is 8.19. The van der Waals surface area contributed by atoms with Crippen LogP contribution >= 0.6 is 0 Å². The average Bonchev–Trinajstić information content (AvgIpc) is 2.47. The van der Waals surface area contributed by atoms with Gasteiger partial charge in [0.05, 0.1) is 6.54 Å². The molecule has 3 heteroatoms. The highest BCUT2D eigenvalue weighted by Crippen LogP contribution is 2.19. The molecule has 116 valence electrons. The molecule has 0 aromatic heterocycles. The van der Waals surface area contributed by atoms with Gasteiger partial charge in [-0.15, -0.1) is 0 Å². The van der Waals surface area contributed by atoms with Gasteiger partial charge in [-0.2, -0.15) is 0 Å². The number of rotatable bonds is 5. The van der Waals surface area contributed by atoms with E-state index in [0.29, 0.717) is 18.6 Å². The fraction of sp³-hybridized carbons (Fsp3) is 0.611. The highest BCUT2D eigenvalue weighted by Gasteiger charge is 2.19. The second-order valence-electron chi connectivity index (χ2n) is 6.46. The third-order valence-electron chi connectivity index (χ3n) is 4.27. The van der Waals surface area contributed by atoms with Gasteiger partial charge >= 0.3 is 0 Å². The molecule has 0 spiro atoms. The minimum Gasteiger partial charge on any atom is -0.360 e. The van der Waals surface area contributed by atoms with Crippen LogP contribution in [0.25, 0.3) is 0 Å². The van der Waals surface area contributed by atoms with Crippen LogP contribution in [0.3, 0.4) is 0 Å². The minimum atomic E-state index is 0.149. The van der Waals surface area contributed by atoms with Crippen molar-refractivity contribution in [1.82, 2.24) is 5.32 Å². The molecule has 3 nitrogen and oxygen atoms in total. The largest absolute Gasteiger partial charge is 0.360 e. The zero-order chi connectivity index (χ0) is 15.2.